The first kappa shape index (κ1) is 22.3. The number of carbonyl (C=O) groups is 2. The molecule has 4 rings (SSSR count). The standard InChI is InChI=1S/C28H28N2O3/c1-6-33-23-13-10-21(11-14-23)25-26(29-24-15-17(2)7-8-19(24)4)28(32)30(27(25)31)22-12-9-18(3)20(5)16-22/h7-16,29H,6H2,1-5H3. The van der Waals surface area contributed by atoms with Crippen molar-refractivity contribution in [3.63, 3.8) is 0 Å². The number of rotatable bonds is 6. The van der Waals surface area contributed by atoms with Crippen molar-refractivity contribution in [1.82, 2.24) is 0 Å². The fourth-order valence-electron chi connectivity index (χ4n) is 3.90. The lowest BCUT2D eigenvalue weighted by Gasteiger charge is -2.17. The molecule has 1 heterocycles. The van der Waals surface area contributed by atoms with Gasteiger partial charge in [0, 0.05) is 5.69 Å². The van der Waals surface area contributed by atoms with Gasteiger partial charge in [-0.3, -0.25) is 9.59 Å². The summed E-state index contributed by atoms with van der Waals surface area (Å²) in [5.41, 5.74) is 6.83. The second-order valence-corrected chi connectivity index (χ2v) is 8.37. The van der Waals surface area contributed by atoms with E-state index in [0.717, 1.165) is 27.9 Å². The number of hydrogen-bond donors (Lipinski definition) is 1. The number of anilines is 2. The van der Waals surface area contributed by atoms with Gasteiger partial charge in [-0.25, -0.2) is 4.90 Å². The molecule has 0 aromatic heterocycles. The first-order valence-corrected chi connectivity index (χ1v) is 11.1. The van der Waals surface area contributed by atoms with E-state index in [1.807, 2.05) is 95.3 Å². The van der Waals surface area contributed by atoms with Crippen LogP contribution in [0.3, 0.4) is 0 Å². The highest BCUT2D eigenvalue weighted by molar-refractivity contribution is 6.46. The molecule has 0 fully saturated rings. The molecular weight excluding hydrogens is 412 g/mol. The quantitative estimate of drug-likeness (QED) is 0.499. The SMILES string of the molecule is CCOc1ccc(C2=C(Nc3cc(C)ccc3C)C(=O)N(c3ccc(C)c(C)c3)C2=O)cc1. The molecule has 5 nitrogen and oxygen atoms in total. The van der Waals surface area contributed by atoms with Crippen LogP contribution < -0.4 is 15.0 Å². The van der Waals surface area contributed by atoms with E-state index in [0.29, 0.717) is 29.2 Å². The highest BCUT2D eigenvalue weighted by Gasteiger charge is 2.40. The number of amides is 2. The van der Waals surface area contributed by atoms with Crippen molar-refractivity contribution < 1.29 is 14.3 Å². The molecule has 5 heteroatoms. The van der Waals surface area contributed by atoms with Gasteiger partial charge in [0.1, 0.15) is 11.4 Å². The van der Waals surface area contributed by atoms with E-state index in [9.17, 15) is 9.59 Å². The molecule has 1 aliphatic heterocycles. The van der Waals surface area contributed by atoms with Gasteiger partial charge in [0.25, 0.3) is 11.8 Å². The highest BCUT2D eigenvalue weighted by atomic mass is 16.5. The molecule has 0 saturated carbocycles. The van der Waals surface area contributed by atoms with E-state index in [4.69, 9.17) is 4.74 Å². The van der Waals surface area contributed by atoms with Crippen molar-refractivity contribution >= 4 is 28.8 Å². The summed E-state index contributed by atoms with van der Waals surface area (Å²) in [6.45, 7) is 10.4. The third-order valence-corrected chi connectivity index (χ3v) is 5.94. The number of nitrogens with zero attached hydrogens (tertiary/aromatic N) is 1. The Morgan fingerprint density at radius 3 is 2.15 bits per heavy atom. The van der Waals surface area contributed by atoms with Gasteiger partial charge in [-0.2, -0.15) is 0 Å². The first-order valence-electron chi connectivity index (χ1n) is 11.1. The molecule has 0 atom stereocenters. The van der Waals surface area contributed by atoms with E-state index in [1.54, 1.807) is 0 Å². The van der Waals surface area contributed by atoms with Gasteiger partial charge < -0.3 is 10.1 Å². The van der Waals surface area contributed by atoms with E-state index in [-0.39, 0.29) is 17.5 Å². The van der Waals surface area contributed by atoms with Crippen molar-refractivity contribution in [3.8, 4) is 5.75 Å². The Morgan fingerprint density at radius 2 is 1.48 bits per heavy atom. The average molecular weight is 441 g/mol. The molecule has 1 aliphatic rings. The number of ether oxygens (including phenoxy) is 1. The van der Waals surface area contributed by atoms with Crippen LogP contribution in [-0.2, 0) is 9.59 Å². The van der Waals surface area contributed by atoms with Crippen LogP contribution in [0.2, 0.25) is 0 Å². The maximum absolute atomic E-state index is 13.7. The van der Waals surface area contributed by atoms with Gasteiger partial charge in [-0.05, 0) is 92.8 Å². The first-order chi connectivity index (χ1) is 15.8. The number of hydrogen-bond acceptors (Lipinski definition) is 4. The molecule has 3 aromatic carbocycles. The van der Waals surface area contributed by atoms with Crippen LogP contribution in [-0.4, -0.2) is 18.4 Å². The Morgan fingerprint density at radius 1 is 0.788 bits per heavy atom. The summed E-state index contributed by atoms with van der Waals surface area (Å²) in [6, 6.07) is 18.9. The number of nitrogens with one attached hydrogen (secondary N) is 1. The highest BCUT2D eigenvalue weighted by Crippen LogP contribution is 2.35. The minimum Gasteiger partial charge on any atom is -0.494 e. The third kappa shape index (κ3) is 4.27. The van der Waals surface area contributed by atoms with E-state index in [2.05, 4.69) is 5.32 Å². The van der Waals surface area contributed by atoms with Crippen LogP contribution in [0.4, 0.5) is 11.4 Å². The normalized spacial score (nSPS) is 13.7. The Balaban J connectivity index is 1.83. The van der Waals surface area contributed by atoms with Crippen molar-refractivity contribution in [1.29, 1.82) is 0 Å². The fraction of sp³-hybridized carbons (Fsp3) is 0.214. The van der Waals surface area contributed by atoms with Gasteiger partial charge in [0.05, 0.1) is 17.9 Å². The zero-order valence-corrected chi connectivity index (χ0v) is 19.7. The maximum Gasteiger partial charge on any atom is 0.282 e. The summed E-state index contributed by atoms with van der Waals surface area (Å²) >= 11 is 0. The lowest BCUT2D eigenvalue weighted by atomic mass is 10.0. The summed E-state index contributed by atoms with van der Waals surface area (Å²) < 4.78 is 5.54. The molecule has 2 amide bonds. The number of aryl methyl sites for hydroxylation is 4. The Bertz CT molecular complexity index is 1270. The lowest BCUT2D eigenvalue weighted by Crippen LogP contribution is -2.32. The molecular formula is C28H28N2O3. The minimum atomic E-state index is -0.368. The largest absolute Gasteiger partial charge is 0.494 e. The summed E-state index contributed by atoms with van der Waals surface area (Å²) in [5.74, 6) is 0.00180. The topological polar surface area (TPSA) is 58.6 Å². The second kappa shape index (κ2) is 8.94. The second-order valence-electron chi connectivity index (χ2n) is 8.37. The molecule has 0 saturated heterocycles. The summed E-state index contributed by atoms with van der Waals surface area (Å²) in [6.07, 6.45) is 0. The summed E-state index contributed by atoms with van der Waals surface area (Å²) in [7, 11) is 0. The van der Waals surface area contributed by atoms with Gasteiger partial charge >= 0.3 is 0 Å². The number of benzene rings is 3. The van der Waals surface area contributed by atoms with Gasteiger partial charge in [-0.15, -0.1) is 0 Å². The molecule has 1 N–H and O–H groups in total. The molecule has 3 aromatic rings. The summed E-state index contributed by atoms with van der Waals surface area (Å²) in [5, 5.41) is 3.28. The zero-order chi connectivity index (χ0) is 23.7. The number of imide groups is 1. The molecule has 0 unspecified atom stereocenters. The molecule has 168 valence electrons. The van der Waals surface area contributed by atoms with Crippen LogP contribution in [0.5, 0.6) is 5.75 Å². The van der Waals surface area contributed by atoms with Crippen molar-refractivity contribution in [2.24, 2.45) is 0 Å². The third-order valence-electron chi connectivity index (χ3n) is 5.94. The lowest BCUT2D eigenvalue weighted by molar-refractivity contribution is -0.120. The van der Waals surface area contributed by atoms with Gasteiger partial charge in [-0.1, -0.05) is 30.3 Å². The molecule has 0 aliphatic carbocycles. The molecule has 0 bridgehead atoms. The van der Waals surface area contributed by atoms with Crippen LogP contribution in [0.25, 0.3) is 5.57 Å². The van der Waals surface area contributed by atoms with Crippen LogP contribution in [0.1, 0.15) is 34.7 Å². The van der Waals surface area contributed by atoms with Crippen LogP contribution in [0.15, 0.2) is 66.4 Å². The van der Waals surface area contributed by atoms with Crippen molar-refractivity contribution in [2.45, 2.75) is 34.6 Å². The number of carbonyl (C=O) groups excluding carboxylic acids is 2. The molecule has 0 spiro atoms. The van der Waals surface area contributed by atoms with E-state index >= 15 is 0 Å². The predicted molar refractivity (Wildman–Crippen MR) is 132 cm³/mol. The fourth-order valence-corrected chi connectivity index (χ4v) is 3.90. The van der Waals surface area contributed by atoms with Gasteiger partial charge in [0.15, 0.2) is 0 Å². The zero-order valence-electron chi connectivity index (χ0n) is 19.7. The van der Waals surface area contributed by atoms with Crippen molar-refractivity contribution in [2.75, 3.05) is 16.8 Å². The van der Waals surface area contributed by atoms with Crippen LogP contribution >= 0.6 is 0 Å². The Labute approximate surface area is 194 Å². The van der Waals surface area contributed by atoms with E-state index in [1.165, 1.54) is 4.90 Å². The minimum absolute atomic E-state index is 0.274. The monoisotopic (exact) mass is 440 g/mol. The Kier molecular flexibility index (Phi) is 6.05. The Hall–Kier alpha value is -3.86. The molecule has 0 radical (unpaired) electrons. The summed E-state index contributed by atoms with van der Waals surface area (Å²) in [4.78, 5) is 28.5. The van der Waals surface area contributed by atoms with Gasteiger partial charge in [0.2, 0.25) is 0 Å². The van der Waals surface area contributed by atoms with Crippen LogP contribution in [0, 0.1) is 27.7 Å². The maximum atomic E-state index is 13.7. The van der Waals surface area contributed by atoms with E-state index < -0.39 is 0 Å². The average Bonchev–Trinajstić information content (AvgIpc) is 3.03. The smallest absolute Gasteiger partial charge is 0.282 e. The predicted octanol–water partition coefficient (Wildman–Crippen LogP) is 5.72. The molecule has 33 heavy (non-hydrogen) atoms. The van der Waals surface area contributed by atoms with Crippen molar-refractivity contribution in [3.05, 3.63) is 94.2 Å².